The number of rotatable bonds is 6. The molecule has 0 radical (unpaired) electrons. The second-order valence-corrected chi connectivity index (χ2v) is 7.36. The van der Waals surface area contributed by atoms with Gasteiger partial charge >= 0.3 is 0 Å². The smallest absolute Gasteiger partial charge is 0.177 e. The molecule has 0 aromatic heterocycles. The van der Waals surface area contributed by atoms with Crippen LogP contribution in [0.4, 0.5) is 0 Å². The normalized spacial score (nSPS) is 30.8. The molecule has 1 aliphatic carbocycles. The summed E-state index contributed by atoms with van der Waals surface area (Å²) in [6.07, 6.45) is 7.69. The average molecular weight is 331 g/mol. The van der Waals surface area contributed by atoms with E-state index in [1.54, 1.807) is 0 Å². The lowest BCUT2D eigenvalue weighted by Gasteiger charge is -2.38. The molecule has 0 spiro atoms. The number of carbonyl (C=O) groups excluding carboxylic acids is 1. The summed E-state index contributed by atoms with van der Waals surface area (Å²) >= 11 is 0. The summed E-state index contributed by atoms with van der Waals surface area (Å²) in [5, 5.41) is 0. The Hall–Kier alpha value is -1.23. The van der Waals surface area contributed by atoms with E-state index in [4.69, 9.17) is 9.47 Å². The van der Waals surface area contributed by atoms with Crippen LogP contribution in [0.2, 0.25) is 0 Å². The Balaban J connectivity index is 1.73. The summed E-state index contributed by atoms with van der Waals surface area (Å²) in [7, 11) is 0. The van der Waals surface area contributed by atoms with E-state index in [1.807, 2.05) is 19.9 Å². The van der Waals surface area contributed by atoms with Crippen molar-refractivity contribution in [2.24, 2.45) is 5.92 Å². The maximum atomic E-state index is 12.2. The van der Waals surface area contributed by atoms with Crippen molar-refractivity contribution in [3.05, 3.63) is 35.5 Å². The van der Waals surface area contributed by atoms with Gasteiger partial charge in [0.2, 0.25) is 0 Å². The molecule has 0 N–H and O–H groups in total. The van der Waals surface area contributed by atoms with Gasteiger partial charge in [-0.1, -0.05) is 5.57 Å². The minimum absolute atomic E-state index is 0.0415. The van der Waals surface area contributed by atoms with Gasteiger partial charge in [-0.15, -0.1) is 6.58 Å². The zero-order valence-electron chi connectivity index (χ0n) is 14.9. The van der Waals surface area contributed by atoms with Crippen molar-refractivity contribution in [1.82, 2.24) is 4.90 Å². The van der Waals surface area contributed by atoms with Gasteiger partial charge in [0.25, 0.3) is 0 Å². The zero-order valence-corrected chi connectivity index (χ0v) is 14.9. The number of ketones is 1. The third-order valence-electron chi connectivity index (χ3n) is 5.19. The Bertz CT molecular complexity index is 557. The highest BCUT2D eigenvalue weighted by Crippen LogP contribution is 2.35. The van der Waals surface area contributed by atoms with Gasteiger partial charge in [-0.05, 0) is 69.5 Å². The fraction of sp³-hybridized carbons (Fsp3) is 0.650. The van der Waals surface area contributed by atoms with Gasteiger partial charge in [-0.2, -0.15) is 0 Å². The van der Waals surface area contributed by atoms with Crippen LogP contribution in [-0.4, -0.2) is 49.3 Å². The zero-order chi connectivity index (χ0) is 17.1. The van der Waals surface area contributed by atoms with Crippen molar-refractivity contribution in [2.75, 3.05) is 26.2 Å². The van der Waals surface area contributed by atoms with Gasteiger partial charge in [0.05, 0.1) is 12.7 Å². The predicted molar refractivity (Wildman–Crippen MR) is 94.7 cm³/mol. The summed E-state index contributed by atoms with van der Waals surface area (Å²) in [4.78, 5) is 14.6. The lowest BCUT2D eigenvalue weighted by molar-refractivity contribution is -0.153. The van der Waals surface area contributed by atoms with Crippen molar-refractivity contribution < 1.29 is 14.3 Å². The summed E-state index contributed by atoms with van der Waals surface area (Å²) in [5.74, 6) is 0.414. The van der Waals surface area contributed by atoms with E-state index in [0.717, 1.165) is 37.2 Å². The number of hydrogen-bond donors (Lipinski definition) is 0. The molecule has 0 aromatic rings. The molecule has 0 saturated carbocycles. The second-order valence-electron chi connectivity index (χ2n) is 7.36. The van der Waals surface area contributed by atoms with Crippen molar-refractivity contribution in [3.63, 3.8) is 0 Å². The topological polar surface area (TPSA) is 38.8 Å². The maximum Gasteiger partial charge on any atom is 0.177 e. The molecule has 3 atom stereocenters. The number of carbonyl (C=O) groups is 1. The molecule has 2 heterocycles. The maximum absolute atomic E-state index is 12.2. The summed E-state index contributed by atoms with van der Waals surface area (Å²) in [6, 6.07) is 0. The van der Waals surface area contributed by atoms with Crippen LogP contribution in [-0.2, 0) is 14.3 Å². The number of hydrogen-bond acceptors (Lipinski definition) is 4. The molecule has 4 heteroatoms. The Morgan fingerprint density at radius 2 is 2.12 bits per heavy atom. The van der Waals surface area contributed by atoms with Crippen molar-refractivity contribution >= 4 is 5.78 Å². The van der Waals surface area contributed by atoms with Crippen molar-refractivity contribution in [3.8, 4) is 0 Å². The van der Waals surface area contributed by atoms with Crippen LogP contribution in [0.25, 0.3) is 0 Å². The first kappa shape index (κ1) is 17.6. The van der Waals surface area contributed by atoms with Gasteiger partial charge in [0, 0.05) is 18.9 Å². The molecule has 4 nitrogen and oxygen atoms in total. The third kappa shape index (κ3) is 4.24. The van der Waals surface area contributed by atoms with E-state index in [0.29, 0.717) is 13.0 Å². The number of likely N-dealkylation sites (tertiary alicyclic amines) is 1. The predicted octanol–water partition coefficient (Wildman–Crippen LogP) is 3.25. The molecular weight excluding hydrogens is 302 g/mol. The van der Waals surface area contributed by atoms with Gasteiger partial charge in [0.1, 0.15) is 0 Å². The third-order valence-corrected chi connectivity index (χ3v) is 5.19. The first-order chi connectivity index (χ1) is 11.5. The molecule has 0 bridgehead atoms. The van der Waals surface area contributed by atoms with Crippen LogP contribution in [0.15, 0.2) is 35.5 Å². The number of allylic oxidation sites excluding steroid dienone is 1. The molecule has 0 unspecified atom stereocenters. The minimum atomic E-state index is -0.319. The first-order valence-electron chi connectivity index (χ1n) is 9.09. The number of nitrogens with zero attached hydrogens (tertiary/aromatic N) is 1. The van der Waals surface area contributed by atoms with E-state index >= 15 is 0 Å². The summed E-state index contributed by atoms with van der Waals surface area (Å²) in [6.45, 7) is 11.7. The molecular formula is C20H29NO3. The van der Waals surface area contributed by atoms with E-state index < -0.39 is 0 Å². The Labute approximate surface area is 145 Å². The highest BCUT2D eigenvalue weighted by molar-refractivity contribution is 5.96. The number of fused-ring (bicyclic) bond motifs is 1. The van der Waals surface area contributed by atoms with Crippen molar-refractivity contribution in [2.45, 2.75) is 51.9 Å². The molecule has 3 rings (SSSR count). The molecule has 1 fully saturated rings. The van der Waals surface area contributed by atoms with Gasteiger partial charge in [0.15, 0.2) is 12.1 Å². The standard InChI is InChI=1S/C20H29NO3/c1-14(2)6-9-23-20-11-16(13-21-7-4-5-8-21)17-12-18(22)15(3)10-19(17)24-20/h10-11,17,19-20H,1,4-9,12-13H2,2-3H3/t17-,19-,20+/m1/s1. The molecule has 2 aliphatic heterocycles. The fourth-order valence-electron chi connectivity index (χ4n) is 3.71. The van der Waals surface area contributed by atoms with Crippen LogP contribution in [0, 0.1) is 5.92 Å². The Kier molecular flexibility index (Phi) is 5.69. The number of Topliss-reactive ketones (excluding diaryl/α,β-unsaturated/α-hetero) is 1. The average Bonchev–Trinajstić information content (AvgIpc) is 3.02. The first-order valence-corrected chi connectivity index (χ1v) is 9.09. The SMILES string of the molecule is C=C(C)CCO[C@@H]1C=C(CN2CCCC2)[C@H]2CC(=O)C(C)=C[C@H]2O1. The molecule has 0 amide bonds. The quantitative estimate of drug-likeness (QED) is 0.700. The van der Waals surface area contributed by atoms with Crippen LogP contribution in [0.1, 0.15) is 39.5 Å². The number of ether oxygens (including phenoxy) is 2. The van der Waals surface area contributed by atoms with E-state index in [2.05, 4.69) is 17.6 Å². The second kappa shape index (κ2) is 7.77. The van der Waals surface area contributed by atoms with Crippen molar-refractivity contribution in [1.29, 1.82) is 0 Å². The molecule has 3 aliphatic rings. The van der Waals surface area contributed by atoms with Crippen LogP contribution < -0.4 is 0 Å². The highest BCUT2D eigenvalue weighted by atomic mass is 16.7. The van der Waals surface area contributed by atoms with Gasteiger partial charge < -0.3 is 9.47 Å². The Morgan fingerprint density at radius 1 is 1.38 bits per heavy atom. The van der Waals surface area contributed by atoms with E-state index in [1.165, 1.54) is 18.4 Å². The largest absolute Gasteiger partial charge is 0.349 e. The van der Waals surface area contributed by atoms with Crippen LogP contribution >= 0.6 is 0 Å². The van der Waals surface area contributed by atoms with Crippen LogP contribution in [0.3, 0.4) is 0 Å². The fourth-order valence-corrected chi connectivity index (χ4v) is 3.71. The summed E-state index contributed by atoms with van der Waals surface area (Å²) < 4.78 is 12.0. The lowest BCUT2D eigenvalue weighted by Crippen LogP contribution is -2.41. The lowest BCUT2D eigenvalue weighted by atomic mass is 9.80. The molecule has 24 heavy (non-hydrogen) atoms. The molecule has 132 valence electrons. The summed E-state index contributed by atoms with van der Waals surface area (Å²) in [5.41, 5.74) is 3.24. The monoisotopic (exact) mass is 331 g/mol. The van der Waals surface area contributed by atoms with Gasteiger partial charge in [-0.3, -0.25) is 9.69 Å². The van der Waals surface area contributed by atoms with E-state index in [9.17, 15) is 4.79 Å². The minimum Gasteiger partial charge on any atom is -0.349 e. The molecule has 1 saturated heterocycles. The van der Waals surface area contributed by atoms with Crippen LogP contribution in [0.5, 0.6) is 0 Å². The Morgan fingerprint density at radius 3 is 2.83 bits per heavy atom. The molecule has 0 aromatic carbocycles. The van der Waals surface area contributed by atoms with Gasteiger partial charge in [-0.25, -0.2) is 0 Å². The highest BCUT2D eigenvalue weighted by Gasteiger charge is 2.37. The van der Waals surface area contributed by atoms with E-state index in [-0.39, 0.29) is 24.1 Å².